The van der Waals surface area contributed by atoms with Crippen molar-refractivity contribution in [3.63, 3.8) is 0 Å². The molecule has 0 saturated heterocycles. The van der Waals surface area contributed by atoms with Gasteiger partial charge >= 0.3 is 0 Å². The molecule has 1 rings (SSSR count). The fourth-order valence-electron chi connectivity index (χ4n) is 1.13. The van der Waals surface area contributed by atoms with Gasteiger partial charge in [0.2, 0.25) is 0 Å². The monoisotopic (exact) mass is 164 g/mol. The van der Waals surface area contributed by atoms with Gasteiger partial charge in [0.05, 0.1) is 0 Å². The van der Waals surface area contributed by atoms with Crippen molar-refractivity contribution in [3.8, 4) is 0 Å². The Kier molecular flexibility index (Phi) is 4.24. The highest BCUT2D eigenvalue weighted by Gasteiger charge is 1.93. The van der Waals surface area contributed by atoms with Crippen molar-refractivity contribution in [2.75, 3.05) is 13.1 Å². The third kappa shape index (κ3) is 3.39. The van der Waals surface area contributed by atoms with Gasteiger partial charge in [-0.2, -0.15) is 0 Å². The van der Waals surface area contributed by atoms with E-state index in [1.165, 1.54) is 5.57 Å². The molecular formula is C10H16N2. The van der Waals surface area contributed by atoms with E-state index in [-0.39, 0.29) is 0 Å². The van der Waals surface area contributed by atoms with Crippen molar-refractivity contribution in [1.29, 1.82) is 0 Å². The zero-order valence-corrected chi connectivity index (χ0v) is 7.29. The van der Waals surface area contributed by atoms with E-state index in [1.54, 1.807) is 0 Å². The fourth-order valence-corrected chi connectivity index (χ4v) is 1.13. The lowest BCUT2D eigenvalue weighted by atomic mass is 10.1. The molecule has 2 heteroatoms. The Bertz CT molecular complexity index is 202. The quantitative estimate of drug-likeness (QED) is 0.646. The second-order valence-electron chi connectivity index (χ2n) is 2.81. The molecule has 0 aromatic carbocycles. The third-order valence-electron chi connectivity index (χ3n) is 1.77. The largest absolute Gasteiger partial charge is 0.387 e. The molecule has 1 aliphatic rings. The molecule has 0 spiro atoms. The molecule has 0 unspecified atom stereocenters. The highest BCUT2D eigenvalue weighted by molar-refractivity contribution is 5.13. The summed E-state index contributed by atoms with van der Waals surface area (Å²) in [4.78, 5) is 0. The lowest BCUT2D eigenvalue weighted by molar-refractivity contribution is 0.880. The van der Waals surface area contributed by atoms with Crippen LogP contribution in [0.4, 0.5) is 0 Å². The average Bonchev–Trinajstić information content (AvgIpc) is 2.19. The van der Waals surface area contributed by atoms with Crippen LogP contribution < -0.4 is 11.1 Å². The lowest BCUT2D eigenvalue weighted by Crippen LogP contribution is -2.07. The SMILES string of the molecule is NCC/C1=C/NC/C=C\C=C/C1. The zero-order chi connectivity index (χ0) is 8.65. The molecule has 0 fully saturated rings. The first kappa shape index (κ1) is 9.07. The summed E-state index contributed by atoms with van der Waals surface area (Å²) in [7, 11) is 0. The van der Waals surface area contributed by atoms with E-state index in [0.29, 0.717) is 0 Å². The first-order valence-corrected chi connectivity index (χ1v) is 4.36. The van der Waals surface area contributed by atoms with Crippen LogP contribution in [-0.2, 0) is 0 Å². The molecule has 0 amide bonds. The van der Waals surface area contributed by atoms with Crippen molar-refractivity contribution < 1.29 is 0 Å². The Morgan fingerprint density at radius 2 is 2.17 bits per heavy atom. The molecule has 0 aliphatic carbocycles. The van der Waals surface area contributed by atoms with Crippen LogP contribution in [0.5, 0.6) is 0 Å². The zero-order valence-electron chi connectivity index (χ0n) is 7.29. The molecule has 0 bridgehead atoms. The minimum Gasteiger partial charge on any atom is -0.387 e. The van der Waals surface area contributed by atoms with Gasteiger partial charge in [-0.25, -0.2) is 0 Å². The van der Waals surface area contributed by atoms with E-state index < -0.39 is 0 Å². The number of hydrogen-bond donors (Lipinski definition) is 2. The first-order valence-electron chi connectivity index (χ1n) is 4.36. The van der Waals surface area contributed by atoms with Crippen molar-refractivity contribution >= 4 is 0 Å². The van der Waals surface area contributed by atoms with Gasteiger partial charge in [-0.1, -0.05) is 24.3 Å². The van der Waals surface area contributed by atoms with Gasteiger partial charge in [0.15, 0.2) is 0 Å². The average molecular weight is 164 g/mol. The maximum atomic E-state index is 5.48. The van der Waals surface area contributed by atoms with Crippen molar-refractivity contribution in [2.24, 2.45) is 5.73 Å². The van der Waals surface area contributed by atoms with Gasteiger partial charge in [0, 0.05) is 6.54 Å². The number of rotatable bonds is 2. The highest BCUT2D eigenvalue weighted by atomic mass is 14.8. The fraction of sp³-hybridized carbons (Fsp3) is 0.400. The standard InChI is InChI=1S/C10H16N2/c11-7-6-10-5-3-1-2-4-8-12-9-10/h1-4,9,12H,5-8,11H2/b3-1-,4-2-,10-9+. The van der Waals surface area contributed by atoms with Gasteiger partial charge in [0.1, 0.15) is 0 Å². The maximum Gasteiger partial charge on any atom is 0.0328 e. The van der Waals surface area contributed by atoms with Gasteiger partial charge in [-0.05, 0) is 31.2 Å². The topological polar surface area (TPSA) is 38.0 Å². The molecule has 0 saturated carbocycles. The van der Waals surface area contributed by atoms with Crippen LogP contribution in [0.2, 0.25) is 0 Å². The van der Waals surface area contributed by atoms with Crippen LogP contribution in [0, 0.1) is 0 Å². The van der Waals surface area contributed by atoms with Gasteiger partial charge in [-0.15, -0.1) is 0 Å². The van der Waals surface area contributed by atoms with E-state index in [0.717, 1.165) is 25.9 Å². The molecule has 3 N–H and O–H groups in total. The van der Waals surface area contributed by atoms with E-state index in [1.807, 2.05) is 0 Å². The summed E-state index contributed by atoms with van der Waals surface area (Å²) in [6.45, 7) is 1.63. The number of nitrogens with two attached hydrogens (primary N) is 1. The summed E-state index contributed by atoms with van der Waals surface area (Å²) in [5, 5.41) is 3.22. The maximum absolute atomic E-state index is 5.48. The van der Waals surface area contributed by atoms with Gasteiger partial charge < -0.3 is 11.1 Å². The molecule has 1 aliphatic heterocycles. The number of allylic oxidation sites excluding steroid dienone is 3. The molecule has 0 aromatic heterocycles. The molecule has 0 aromatic rings. The van der Waals surface area contributed by atoms with E-state index in [2.05, 4.69) is 35.8 Å². The Balaban J connectivity index is 2.49. The third-order valence-corrected chi connectivity index (χ3v) is 1.77. The number of nitrogens with one attached hydrogen (secondary N) is 1. The summed E-state index contributed by atoms with van der Waals surface area (Å²) >= 11 is 0. The summed E-state index contributed by atoms with van der Waals surface area (Å²) in [5.41, 5.74) is 6.85. The molecule has 66 valence electrons. The summed E-state index contributed by atoms with van der Waals surface area (Å²) in [6, 6.07) is 0. The van der Waals surface area contributed by atoms with Crippen molar-refractivity contribution in [3.05, 3.63) is 36.1 Å². The van der Waals surface area contributed by atoms with Gasteiger partial charge in [0.25, 0.3) is 0 Å². The van der Waals surface area contributed by atoms with E-state index >= 15 is 0 Å². The Morgan fingerprint density at radius 3 is 3.00 bits per heavy atom. The summed E-state index contributed by atoms with van der Waals surface area (Å²) in [5.74, 6) is 0. The Morgan fingerprint density at radius 1 is 1.33 bits per heavy atom. The van der Waals surface area contributed by atoms with Crippen LogP contribution >= 0.6 is 0 Å². The molecule has 0 atom stereocenters. The second kappa shape index (κ2) is 5.61. The summed E-state index contributed by atoms with van der Waals surface area (Å²) < 4.78 is 0. The second-order valence-corrected chi connectivity index (χ2v) is 2.81. The molecule has 1 heterocycles. The summed E-state index contributed by atoms with van der Waals surface area (Å²) in [6.07, 6.45) is 12.5. The van der Waals surface area contributed by atoms with Gasteiger partial charge in [-0.3, -0.25) is 0 Å². The smallest absolute Gasteiger partial charge is 0.0328 e. The molecular weight excluding hydrogens is 148 g/mol. The van der Waals surface area contributed by atoms with Crippen LogP contribution in [0.3, 0.4) is 0 Å². The van der Waals surface area contributed by atoms with Crippen LogP contribution in [-0.4, -0.2) is 13.1 Å². The van der Waals surface area contributed by atoms with Crippen LogP contribution in [0.1, 0.15) is 12.8 Å². The predicted molar refractivity (Wildman–Crippen MR) is 52.7 cm³/mol. The van der Waals surface area contributed by atoms with Crippen molar-refractivity contribution in [1.82, 2.24) is 5.32 Å². The minimum atomic E-state index is 0.731. The van der Waals surface area contributed by atoms with Crippen LogP contribution in [0.25, 0.3) is 0 Å². The predicted octanol–water partition coefficient (Wildman–Crippen LogP) is 1.32. The van der Waals surface area contributed by atoms with E-state index in [9.17, 15) is 0 Å². The minimum absolute atomic E-state index is 0.731. The molecule has 2 nitrogen and oxygen atoms in total. The van der Waals surface area contributed by atoms with E-state index in [4.69, 9.17) is 5.73 Å². The Labute approximate surface area is 73.8 Å². The Hall–Kier alpha value is -1.02. The lowest BCUT2D eigenvalue weighted by Gasteiger charge is -2.02. The first-order chi connectivity index (χ1) is 5.93. The van der Waals surface area contributed by atoms with Crippen LogP contribution in [0.15, 0.2) is 36.1 Å². The highest BCUT2D eigenvalue weighted by Crippen LogP contribution is 2.06. The molecule has 12 heavy (non-hydrogen) atoms. The van der Waals surface area contributed by atoms with Crippen molar-refractivity contribution in [2.45, 2.75) is 12.8 Å². The number of hydrogen-bond acceptors (Lipinski definition) is 2. The normalized spacial score (nSPS) is 26.9. The molecule has 0 radical (unpaired) electrons.